The predicted octanol–water partition coefficient (Wildman–Crippen LogP) is 4.45. The average Bonchev–Trinajstić information content (AvgIpc) is 2.62. The molecule has 8 heteroatoms. The van der Waals surface area contributed by atoms with E-state index in [0.717, 1.165) is 4.90 Å². The maximum absolute atomic E-state index is 12.9. The minimum atomic E-state index is -0.834. The van der Waals surface area contributed by atoms with Crippen LogP contribution in [-0.2, 0) is 9.59 Å². The van der Waals surface area contributed by atoms with E-state index in [1.807, 2.05) is 13.8 Å². The first kappa shape index (κ1) is 19.9. The van der Waals surface area contributed by atoms with Gasteiger partial charge in [-0.15, -0.1) is 0 Å². The Morgan fingerprint density at radius 2 is 1.64 bits per heavy atom. The fourth-order valence-corrected chi connectivity index (χ4v) is 2.94. The Hall–Kier alpha value is -2.83. The Labute approximate surface area is 171 Å². The van der Waals surface area contributed by atoms with Crippen LogP contribution in [0.15, 0.2) is 48.0 Å². The van der Waals surface area contributed by atoms with Gasteiger partial charge in [0.05, 0.1) is 11.8 Å². The van der Waals surface area contributed by atoms with Gasteiger partial charge >= 0.3 is 6.03 Å². The van der Waals surface area contributed by atoms with Crippen molar-refractivity contribution >= 4 is 52.8 Å². The highest BCUT2D eigenvalue weighted by molar-refractivity contribution is 6.39. The summed E-state index contributed by atoms with van der Waals surface area (Å²) >= 11 is 11.9. The van der Waals surface area contributed by atoms with Crippen LogP contribution in [0.5, 0.6) is 5.75 Å². The van der Waals surface area contributed by atoms with Crippen molar-refractivity contribution in [2.75, 3.05) is 4.90 Å². The molecule has 1 heterocycles. The number of carbonyl (C=O) groups excluding carboxylic acids is 3. The van der Waals surface area contributed by atoms with Crippen molar-refractivity contribution in [3.8, 4) is 5.75 Å². The molecule has 0 radical (unpaired) electrons. The standard InChI is InChI=1S/C20H16Cl2N2O4/c1-11(2)28-17-8-5-14(22)9-12(17)10-16-18(25)23-20(27)24(19(16)26)15-6-3-13(21)4-7-15/h3-11H,1-2H3,(H,23,25,27)/b16-10+. The quantitative estimate of drug-likeness (QED) is 0.587. The van der Waals surface area contributed by atoms with E-state index in [-0.39, 0.29) is 17.4 Å². The van der Waals surface area contributed by atoms with E-state index >= 15 is 0 Å². The first-order valence-electron chi connectivity index (χ1n) is 8.39. The van der Waals surface area contributed by atoms with E-state index in [1.54, 1.807) is 30.3 Å². The van der Waals surface area contributed by atoms with E-state index in [1.165, 1.54) is 18.2 Å². The first-order valence-corrected chi connectivity index (χ1v) is 9.15. The van der Waals surface area contributed by atoms with Crippen LogP contribution < -0.4 is 15.0 Å². The van der Waals surface area contributed by atoms with Crippen LogP contribution in [-0.4, -0.2) is 23.9 Å². The zero-order valence-corrected chi connectivity index (χ0v) is 16.5. The summed E-state index contributed by atoms with van der Waals surface area (Å²) in [5.41, 5.74) is 0.519. The molecule has 1 saturated heterocycles. The maximum atomic E-state index is 12.9. The molecule has 0 spiro atoms. The summed E-state index contributed by atoms with van der Waals surface area (Å²) in [7, 11) is 0. The number of nitrogens with zero attached hydrogens (tertiary/aromatic N) is 1. The lowest BCUT2D eigenvalue weighted by Crippen LogP contribution is -2.54. The zero-order chi connectivity index (χ0) is 20.4. The highest BCUT2D eigenvalue weighted by Crippen LogP contribution is 2.28. The molecule has 6 nitrogen and oxygen atoms in total. The number of anilines is 1. The van der Waals surface area contributed by atoms with Crippen LogP contribution in [0.2, 0.25) is 10.0 Å². The molecular weight excluding hydrogens is 403 g/mol. The van der Waals surface area contributed by atoms with Gasteiger partial charge in [-0.1, -0.05) is 23.2 Å². The van der Waals surface area contributed by atoms with Crippen molar-refractivity contribution in [1.82, 2.24) is 5.32 Å². The van der Waals surface area contributed by atoms with Crippen molar-refractivity contribution in [2.24, 2.45) is 0 Å². The van der Waals surface area contributed by atoms with Gasteiger partial charge in [0.25, 0.3) is 11.8 Å². The molecule has 4 amide bonds. The van der Waals surface area contributed by atoms with Gasteiger partial charge in [-0.3, -0.25) is 14.9 Å². The normalized spacial score (nSPS) is 16.0. The van der Waals surface area contributed by atoms with Gasteiger partial charge in [0.1, 0.15) is 11.3 Å². The number of imide groups is 2. The lowest BCUT2D eigenvalue weighted by Gasteiger charge is -2.26. The van der Waals surface area contributed by atoms with Crippen LogP contribution in [0.4, 0.5) is 10.5 Å². The molecule has 0 aliphatic carbocycles. The fourth-order valence-electron chi connectivity index (χ4n) is 2.63. The van der Waals surface area contributed by atoms with Crippen molar-refractivity contribution in [3.05, 3.63) is 63.6 Å². The van der Waals surface area contributed by atoms with Crippen molar-refractivity contribution in [1.29, 1.82) is 0 Å². The molecule has 28 heavy (non-hydrogen) atoms. The smallest absolute Gasteiger partial charge is 0.335 e. The van der Waals surface area contributed by atoms with E-state index in [4.69, 9.17) is 27.9 Å². The van der Waals surface area contributed by atoms with Gasteiger partial charge in [-0.25, -0.2) is 9.69 Å². The van der Waals surface area contributed by atoms with Crippen LogP contribution in [0.1, 0.15) is 19.4 Å². The molecule has 2 aromatic carbocycles. The highest BCUT2D eigenvalue weighted by Gasteiger charge is 2.37. The third kappa shape index (κ3) is 4.18. The number of hydrogen-bond donors (Lipinski definition) is 1. The number of ether oxygens (including phenoxy) is 1. The lowest BCUT2D eigenvalue weighted by atomic mass is 10.1. The third-order valence-electron chi connectivity index (χ3n) is 3.82. The summed E-state index contributed by atoms with van der Waals surface area (Å²) in [6, 6.07) is 10.2. The molecule has 1 N–H and O–H groups in total. The molecule has 3 rings (SSSR count). The number of urea groups is 1. The number of rotatable bonds is 4. The first-order chi connectivity index (χ1) is 13.3. The molecule has 0 atom stereocenters. The number of benzene rings is 2. The molecule has 1 aliphatic heterocycles. The van der Waals surface area contributed by atoms with Crippen molar-refractivity contribution < 1.29 is 19.1 Å². The highest BCUT2D eigenvalue weighted by atomic mass is 35.5. The lowest BCUT2D eigenvalue weighted by molar-refractivity contribution is -0.122. The largest absolute Gasteiger partial charge is 0.490 e. The Balaban J connectivity index is 2.04. The second-order valence-corrected chi connectivity index (χ2v) is 7.16. The van der Waals surface area contributed by atoms with Crippen LogP contribution in [0, 0.1) is 0 Å². The number of halogens is 2. The second-order valence-electron chi connectivity index (χ2n) is 6.28. The minimum Gasteiger partial charge on any atom is -0.490 e. The summed E-state index contributed by atoms with van der Waals surface area (Å²) in [4.78, 5) is 38.4. The Kier molecular flexibility index (Phi) is 5.72. The maximum Gasteiger partial charge on any atom is 0.335 e. The third-order valence-corrected chi connectivity index (χ3v) is 4.31. The molecule has 0 saturated carbocycles. The van der Waals surface area contributed by atoms with E-state index in [9.17, 15) is 14.4 Å². The molecule has 1 aliphatic rings. The summed E-state index contributed by atoms with van der Waals surface area (Å²) in [6.07, 6.45) is 1.23. The number of nitrogens with one attached hydrogen (secondary N) is 1. The van der Waals surface area contributed by atoms with Crippen LogP contribution >= 0.6 is 23.2 Å². The molecule has 0 bridgehead atoms. The Morgan fingerprint density at radius 3 is 2.29 bits per heavy atom. The SMILES string of the molecule is CC(C)Oc1ccc(Cl)cc1/C=C1\C(=O)NC(=O)N(c2ccc(Cl)cc2)C1=O. The second kappa shape index (κ2) is 8.04. The summed E-state index contributed by atoms with van der Waals surface area (Å²) in [6.45, 7) is 3.70. The number of hydrogen-bond acceptors (Lipinski definition) is 4. The van der Waals surface area contributed by atoms with Crippen molar-refractivity contribution in [2.45, 2.75) is 20.0 Å². The number of amides is 4. The van der Waals surface area contributed by atoms with Gasteiger partial charge in [0, 0.05) is 15.6 Å². The van der Waals surface area contributed by atoms with Gasteiger partial charge in [-0.05, 0) is 62.4 Å². The number of barbiturate groups is 1. The number of carbonyl (C=O) groups is 3. The fraction of sp³-hybridized carbons (Fsp3) is 0.150. The van der Waals surface area contributed by atoms with E-state index in [0.29, 0.717) is 21.4 Å². The minimum absolute atomic E-state index is 0.124. The van der Waals surface area contributed by atoms with Gasteiger partial charge in [0.15, 0.2) is 0 Å². The summed E-state index contributed by atoms with van der Waals surface area (Å²) in [5.74, 6) is -1.09. The van der Waals surface area contributed by atoms with Crippen molar-refractivity contribution in [3.63, 3.8) is 0 Å². The molecule has 0 unspecified atom stereocenters. The van der Waals surface area contributed by atoms with Gasteiger partial charge in [0.2, 0.25) is 0 Å². The molecular formula is C20H16Cl2N2O4. The summed E-state index contributed by atoms with van der Waals surface area (Å²) in [5, 5.41) is 3.04. The Bertz CT molecular complexity index is 984. The molecule has 0 aromatic heterocycles. The van der Waals surface area contributed by atoms with Crippen LogP contribution in [0.25, 0.3) is 6.08 Å². The summed E-state index contributed by atoms with van der Waals surface area (Å²) < 4.78 is 5.72. The Morgan fingerprint density at radius 1 is 1.00 bits per heavy atom. The molecule has 2 aromatic rings. The zero-order valence-electron chi connectivity index (χ0n) is 15.0. The van der Waals surface area contributed by atoms with Gasteiger partial charge < -0.3 is 4.74 Å². The monoisotopic (exact) mass is 418 g/mol. The predicted molar refractivity (Wildman–Crippen MR) is 108 cm³/mol. The van der Waals surface area contributed by atoms with Crippen LogP contribution in [0.3, 0.4) is 0 Å². The van der Waals surface area contributed by atoms with E-state index in [2.05, 4.69) is 5.32 Å². The van der Waals surface area contributed by atoms with Gasteiger partial charge in [-0.2, -0.15) is 0 Å². The average molecular weight is 419 g/mol. The topological polar surface area (TPSA) is 75.7 Å². The molecule has 1 fully saturated rings. The van der Waals surface area contributed by atoms with E-state index < -0.39 is 17.8 Å². The molecule has 144 valence electrons.